The molecule has 2 fully saturated rings. The van der Waals surface area contributed by atoms with Gasteiger partial charge in [-0.3, -0.25) is 0 Å². The number of carbonyl (C=O) groups excluding carboxylic acids is 7. The molecule has 2 heterocycles. The lowest BCUT2D eigenvalue weighted by molar-refractivity contribution is -0.347. The van der Waals surface area contributed by atoms with Gasteiger partial charge in [0.05, 0.1) is 38.9 Å². The number of hydrogen-bond donors (Lipinski definition) is 0. The van der Waals surface area contributed by atoms with Crippen LogP contribution >= 0.6 is 0 Å². The molecule has 10 atom stereocenters. The molecule has 2 aliphatic rings. The van der Waals surface area contributed by atoms with E-state index in [1.165, 1.54) is 72.8 Å². The molecule has 7 aromatic rings. The molecule has 0 aliphatic carbocycles. The minimum Gasteiger partial charge on any atom is -0.459 e. The van der Waals surface area contributed by atoms with Gasteiger partial charge < -0.3 is 47.4 Å². The SMILES string of the molecule is CC1C(COC(=O)c2ccccc2)OC(OC2C(COC(=O)c3ccccc3)OC(OC(=O)c3ccccc3)C(OC(=O)c3ccccc3)C2OC(=O)c2ccccc2)C(OC(=O)c2ccccc2)C1OC(=O)c1ccccc1. The molecule has 10 unspecified atom stereocenters. The largest absolute Gasteiger partial charge is 0.459 e. The van der Waals surface area contributed by atoms with Crippen LogP contribution in [0.2, 0.25) is 0 Å². The van der Waals surface area contributed by atoms with E-state index in [0.717, 1.165) is 0 Å². The van der Waals surface area contributed by atoms with Gasteiger partial charge in [-0.05, 0) is 84.9 Å². The molecule has 0 aromatic heterocycles. The van der Waals surface area contributed by atoms with Crippen molar-refractivity contribution in [1.29, 1.82) is 0 Å². The summed E-state index contributed by atoms with van der Waals surface area (Å²) < 4.78 is 63.1. The summed E-state index contributed by atoms with van der Waals surface area (Å²) in [6.45, 7) is 0.432. The lowest BCUT2D eigenvalue weighted by Gasteiger charge is -2.48. The van der Waals surface area contributed by atoms with Crippen molar-refractivity contribution in [2.24, 2.45) is 5.92 Å². The van der Waals surface area contributed by atoms with Crippen molar-refractivity contribution >= 4 is 41.8 Å². The standard InChI is InChI=1S/C62H52O17/c1-39-47(37-70-54(63)40-23-9-2-10-24-40)72-61(52(76-58(67)44-31-17-6-18-32-44)49(39)74-56(65)42-27-13-4-14-28-42)78-50-48(38-71-55(64)41-25-11-3-12-26-41)73-62(79-60(69)46-35-21-8-22-36-46)53(77-59(68)45-33-19-7-20-34-45)51(50)75-57(66)43-29-15-5-16-30-43/h2-36,39,47-53,61-62H,37-38H2,1H3. The third-order valence-electron chi connectivity index (χ3n) is 12.9. The lowest BCUT2D eigenvalue weighted by atomic mass is 9.90. The number of esters is 7. The van der Waals surface area contributed by atoms with E-state index in [0.29, 0.717) is 0 Å². The van der Waals surface area contributed by atoms with Crippen molar-refractivity contribution in [3.8, 4) is 0 Å². The smallest absolute Gasteiger partial charge is 0.340 e. The fraction of sp³-hybridized carbons (Fsp3) is 0.210. The van der Waals surface area contributed by atoms with Crippen molar-refractivity contribution in [1.82, 2.24) is 0 Å². The zero-order valence-electron chi connectivity index (χ0n) is 42.3. The molecule has 0 amide bonds. The van der Waals surface area contributed by atoms with Gasteiger partial charge in [0, 0.05) is 5.92 Å². The van der Waals surface area contributed by atoms with Crippen molar-refractivity contribution in [2.45, 2.75) is 62.2 Å². The molecule has 17 heteroatoms. The van der Waals surface area contributed by atoms with E-state index in [9.17, 15) is 33.6 Å². The first kappa shape index (κ1) is 54.5. The number of hydrogen-bond acceptors (Lipinski definition) is 17. The molecule has 0 bridgehead atoms. The summed E-state index contributed by atoms with van der Waals surface area (Å²) >= 11 is 0. The van der Waals surface area contributed by atoms with E-state index in [-0.39, 0.29) is 38.9 Å². The van der Waals surface area contributed by atoms with E-state index in [4.69, 9.17) is 47.4 Å². The second kappa shape index (κ2) is 26.2. The summed E-state index contributed by atoms with van der Waals surface area (Å²) in [6, 6.07) is 55.4. The van der Waals surface area contributed by atoms with Crippen LogP contribution in [0.15, 0.2) is 212 Å². The molecule has 0 spiro atoms. The molecule has 17 nitrogen and oxygen atoms in total. The molecular formula is C62H52O17. The number of benzene rings is 7. The van der Waals surface area contributed by atoms with Crippen LogP contribution in [0.1, 0.15) is 79.4 Å². The quantitative estimate of drug-likeness (QED) is 0.0580. The van der Waals surface area contributed by atoms with Crippen molar-refractivity contribution in [2.75, 3.05) is 13.2 Å². The van der Waals surface area contributed by atoms with Crippen LogP contribution < -0.4 is 0 Å². The van der Waals surface area contributed by atoms with Gasteiger partial charge in [-0.15, -0.1) is 0 Å². The summed E-state index contributed by atoms with van der Waals surface area (Å²) in [5.74, 6) is -7.16. The van der Waals surface area contributed by atoms with Crippen LogP contribution in [0.25, 0.3) is 0 Å². The van der Waals surface area contributed by atoms with E-state index in [2.05, 4.69) is 0 Å². The Balaban J connectivity index is 1.18. The average Bonchev–Trinajstić information content (AvgIpc) is 3.62. The first-order chi connectivity index (χ1) is 38.5. The van der Waals surface area contributed by atoms with Gasteiger partial charge in [0.25, 0.3) is 0 Å². The van der Waals surface area contributed by atoms with Gasteiger partial charge in [0.2, 0.25) is 12.4 Å². The highest BCUT2D eigenvalue weighted by Gasteiger charge is 2.57. The molecule has 7 aromatic carbocycles. The topological polar surface area (TPSA) is 212 Å². The van der Waals surface area contributed by atoms with Crippen molar-refractivity contribution < 1.29 is 80.9 Å². The molecule has 79 heavy (non-hydrogen) atoms. The third-order valence-corrected chi connectivity index (χ3v) is 12.9. The minimum absolute atomic E-state index is 0.0244. The molecule has 9 rings (SSSR count). The second-order valence-electron chi connectivity index (χ2n) is 18.2. The van der Waals surface area contributed by atoms with Crippen LogP contribution in [-0.4, -0.2) is 110 Å². The Kier molecular flexibility index (Phi) is 18.1. The molecule has 402 valence electrons. The molecule has 0 N–H and O–H groups in total. The van der Waals surface area contributed by atoms with E-state index in [1.54, 1.807) is 146 Å². The molecule has 2 aliphatic heterocycles. The average molecular weight is 1070 g/mol. The summed E-state index contributed by atoms with van der Waals surface area (Å²) in [5, 5.41) is 0. The Labute approximate surface area is 453 Å². The monoisotopic (exact) mass is 1070 g/mol. The predicted octanol–water partition coefficient (Wildman–Crippen LogP) is 8.93. The maximum absolute atomic E-state index is 14.5. The summed E-state index contributed by atoms with van der Waals surface area (Å²) in [6.07, 6.45) is -15.5. The minimum atomic E-state index is -1.93. The zero-order valence-corrected chi connectivity index (χ0v) is 42.3. The zero-order chi connectivity index (χ0) is 55.1. The molecule has 0 radical (unpaired) electrons. The van der Waals surface area contributed by atoms with Crippen LogP contribution in [0.3, 0.4) is 0 Å². The first-order valence-corrected chi connectivity index (χ1v) is 25.2. The fourth-order valence-electron chi connectivity index (χ4n) is 8.77. The first-order valence-electron chi connectivity index (χ1n) is 25.2. The molecule has 2 saturated heterocycles. The van der Waals surface area contributed by atoms with Crippen LogP contribution in [0.4, 0.5) is 0 Å². The number of ether oxygens (including phenoxy) is 10. The van der Waals surface area contributed by atoms with Crippen LogP contribution in [0.5, 0.6) is 0 Å². The van der Waals surface area contributed by atoms with E-state index in [1.807, 2.05) is 0 Å². The van der Waals surface area contributed by atoms with Gasteiger partial charge in [-0.25, -0.2) is 33.6 Å². The Morgan fingerprint density at radius 3 is 0.924 bits per heavy atom. The van der Waals surface area contributed by atoms with Crippen LogP contribution in [0, 0.1) is 5.92 Å². The normalized spacial score (nSPS) is 22.4. The van der Waals surface area contributed by atoms with Crippen molar-refractivity contribution in [3.05, 3.63) is 251 Å². The fourth-order valence-corrected chi connectivity index (χ4v) is 8.77. The lowest BCUT2D eigenvalue weighted by Crippen LogP contribution is -2.66. The Morgan fingerprint density at radius 1 is 0.304 bits per heavy atom. The Bertz CT molecular complexity index is 3170. The molecule has 0 saturated carbocycles. The second-order valence-corrected chi connectivity index (χ2v) is 18.2. The highest BCUT2D eigenvalue weighted by atomic mass is 16.8. The predicted molar refractivity (Wildman–Crippen MR) is 279 cm³/mol. The summed E-state index contributed by atoms with van der Waals surface area (Å²) in [5.41, 5.74) is 0.688. The highest BCUT2D eigenvalue weighted by molar-refractivity contribution is 5.93. The summed E-state index contributed by atoms with van der Waals surface area (Å²) in [7, 11) is 0. The highest BCUT2D eigenvalue weighted by Crippen LogP contribution is 2.38. The van der Waals surface area contributed by atoms with E-state index >= 15 is 0 Å². The van der Waals surface area contributed by atoms with Gasteiger partial charge in [-0.2, -0.15) is 0 Å². The van der Waals surface area contributed by atoms with Gasteiger partial charge in [0.15, 0.2) is 18.5 Å². The Hall–Kier alpha value is -9.29. The summed E-state index contributed by atoms with van der Waals surface area (Å²) in [4.78, 5) is 98.7. The third kappa shape index (κ3) is 13.8. The number of rotatable bonds is 18. The molecular weight excluding hydrogens is 1020 g/mol. The van der Waals surface area contributed by atoms with E-state index < -0.39 is 116 Å². The van der Waals surface area contributed by atoms with Gasteiger partial charge in [-0.1, -0.05) is 134 Å². The van der Waals surface area contributed by atoms with Crippen molar-refractivity contribution in [3.63, 3.8) is 0 Å². The number of carbonyl (C=O) groups is 7. The Morgan fingerprint density at radius 2 is 0.570 bits per heavy atom. The van der Waals surface area contributed by atoms with Crippen LogP contribution in [-0.2, 0) is 47.4 Å². The van der Waals surface area contributed by atoms with Gasteiger partial charge >= 0.3 is 41.8 Å². The van der Waals surface area contributed by atoms with Gasteiger partial charge in [0.1, 0.15) is 37.6 Å². The maximum atomic E-state index is 14.5. The maximum Gasteiger partial charge on any atom is 0.340 e.